The summed E-state index contributed by atoms with van der Waals surface area (Å²) in [5, 5.41) is 3.22. The summed E-state index contributed by atoms with van der Waals surface area (Å²) in [7, 11) is -3.43. The van der Waals surface area contributed by atoms with E-state index < -0.39 is 10.0 Å². The first-order chi connectivity index (χ1) is 9.13. The van der Waals surface area contributed by atoms with Crippen molar-refractivity contribution in [3.05, 3.63) is 24.3 Å². The predicted octanol–water partition coefficient (Wildman–Crippen LogP) is 1.43. The molecule has 1 heterocycles. The van der Waals surface area contributed by atoms with E-state index >= 15 is 0 Å². The van der Waals surface area contributed by atoms with Gasteiger partial charge in [-0.2, -0.15) is 0 Å². The highest BCUT2D eigenvalue weighted by atomic mass is 32.2. The summed E-state index contributed by atoms with van der Waals surface area (Å²) >= 11 is 0. The minimum Gasteiger partial charge on any atom is -0.384 e. The predicted molar refractivity (Wildman–Crippen MR) is 74.7 cm³/mol. The number of hydrogen-bond donors (Lipinski definition) is 2. The Labute approximate surface area is 114 Å². The molecule has 0 spiro atoms. The molecule has 1 aromatic carbocycles. The molecule has 1 fully saturated rings. The smallest absolute Gasteiger partial charge is 0.242 e. The maximum atomic E-state index is 12.1. The Bertz CT molecular complexity index is 510. The van der Waals surface area contributed by atoms with Crippen LogP contribution in [0.5, 0.6) is 0 Å². The molecule has 106 valence electrons. The Morgan fingerprint density at radius 2 is 2.16 bits per heavy atom. The monoisotopic (exact) mass is 284 g/mol. The van der Waals surface area contributed by atoms with Gasteiger partial charge in [0.1, 0.15) is 4.90 Å². The lowest BCUT2D eigenvalue weighted by Crippen LogP contribution is -2.25. The molecular weight excluding hydrogens is 264 g/mol. The van der Waals surface area contributed by atoms with Gasteiger partial charge in [-0.1, -0.05) is 19.1 Å². The largest absolute Gasteiger partial charge is 0.384 e. The first-order valence-electron chi connectivity index (χ1n) is 6.54. The van der Waals surface area contributed by atoms with Crippen molar-refractivity contribution >= 4 is 15.7 Å². The van der Waals surface area contributed by atoms with Crippen LogP contribution in [0.25, 0.3) is 0 Å². The van der Waals surface area contributed by atoms with Gasteiger partial charge in [-0.15, -0.1) is 0 Å². The molecule has 1 aliphatic heterocycles. The summed E-state index contributed by atoms with van der Waals surface area (Å²) in [4.78, 5) is 0.302. The van der Waals surface area contributed by atoms with E-state index in [9.17, 15) is 8.42 Å². The van der Waals surface area contributed by atoms with Gasteiger partial charge in [-0.25, -0.2) is 13.1 Å². The Morgan fingerprint density at radius 1 is 1.37 bits per heavy atom. The second-order valence-electron chi connectivity index (χ2n) is 4.61. The van der Waals surface area contributed by atoms with Crippen LogP contribution in [-0.2, 0) is 14.8 Å². The summed E-state index contributed by atoms with van der Waals surface area (Å²) in [6.07, 6.45) is 1.02. The molecular formula is C13H20N2O3S. The van der Waals surface area contributed by atoms with E-state index in [2.05, 4.69) is 10.0 Å². The number of anilines is 1. The quantitative estimate of drug-likeness (QED) is 0.829. The van der Waals surface area contributed by atoms with E-state index in [1.54, 1.807) is 25.1 Å². The molecule has 0 bridgehead atoms. The van der Waals surface area contributed by atoms with Crippen molar-refractivity contribution in [2.75, 3.05) is 31.6 Å². The van der Waals surface area contributed by atoms with Crippen LogP contribution in [0.3, 0.4) is 0 Å². The second kappa shape index (κ2) is 6.36. The third kappa shape index (κ3) is 3.68. The molecule has 0 radical (unpaired) electrons. The van der Waals surface area contributed by atoms with Gasteiger partial charge in [0.05, 0.1) is 12.3 Å². The standard InChI is InChI=1S/C13H20N2O3S/c1-2-15-19(16,17)13-6-4-3-5-12(13)14-9-11-7-8-18-10-11/h3-6,11,14-15H,2,7-10H2,1H3. The molecule has 2 N–H and O–H groups in total. The summed E-state index contributed by atoms with van der Waals surface area (Å²) in [5.74, 6) is 0.454. The molecule has 0 saturated carbocycles. The van der Waals surface area contributed by atoms with Gasteiger partial charge in [0.15, 0.2) is 0 Å². The molecule has 1 unspecified atom stereocenters. The molecule has 0 aromatic heterocycles. The zero-order valence-corrected chi connectivity index (χ0v) is 11.9. The van der Waals surface area contributed by atoms with Crippen molar-refractivity contribution < 1.29 is 13.2 Å². The normalized spacial score (nSPS) is 19.5. The van der Waals surface area contributed by atoms with Crippen molar-refractivity contribution in [1.82, 2.24) is 4.72 Å². The zero-order chi connectivity index (χ0) is 13.7. The molecule has 1 saturated heterocycles. The number of nitrogens with one attached hydrogen (secondary N) is 2. The maximum Gasteiger partial charge on any atom is 0.242 e. The fourth-order valence-corrected chi connectivity index (χ4v) is 3.34. The van der Waals surface area contributed by atoms with Crippen molar-refractivity contribution in [1.29, 1.82) is 0 Å². The van der Waals surface area contributed by atoms with Crippen molar-refractivity contribution in [3.63, 3.8) is 0 Å². The topological polar surface area (TPSA) is 67.4 Å². The Balaban J connectivity index is 2.11. The van der Waals surface area contributed by atoms with Gasteiger partial charge < -0.3 is 10.1 Å². The third-order valence-corrected chi connectivity index (χ3v) is 4.72. The molecule has 1 aliphatic rings. The van der Waals surface area contributed by atoms with E-state index in [-0.39, 0.29) is 0 Å². The van der Waals surface area contributed by atoms with Gasteiger partial charge >= 0.3 is 0 Å². The number of sulfonamides is 1. The van der Waals surface area contributed by atoms with Gasteiger partial charge in [0.25, 0.3) is 0 Å². The Hall–Kier alpha value is -1.11. The number of hydrogen-bond acceptors (Lipinski definition) is 4. The molecule has 1 atom stereocenters. The average molecular weight is 284 g/mol. The first-order valence-corrected chi connectivity index (χ1v) is 8.02. The fourth-order valence-electron chi connectivity index (χ4n) is 2.11. The van der Waals surface area contributed by atoms with Gasteiger partial charge in [0.2, 0.25) is 10.0 Å². The van der Waals surface area contributed by atoms with E-state index in [0.29, 0.717) is 23.0 Å². The van der Waals surface area contributed by atoms with E-state index in [4.69, 9.17) is 4.74 Å². The summed E-state index contributed by atoms with van der Waals surface area (Å²) in [6.45, 7) is 4.42. The highest BCUT2D eigenvalue weighted by Gasteiger charge is 2.19. The molecule has 19 heavy (non-hydrogen) atoms. The molecule has 0 aliphatic carbocycles. The van der Waals surface area contributed by atoms with Crippen molar-refractivity contribution in [2.45, 2.75) is 18.2 Å². The minimum atomic E-state index is -3.43. The highest BCUT2D eigenvalue weighted by molar-refractivity contribution is 7.89. The average Bonchev–Trinajstić information content (AvgIpc) is 2.90. The lowest BCUT2D eigenvalue weighted by molar-refractivity contribution is 0.187. The number of rotatable bonds is 6. The van der Waals surface area contributed by atoms with Crippen LogP contribution in [0.4, 0.5) is 5.69 Å². The van der Waals surface area contributed by atoms with Crippen LogP contribution in [0.1, 0.15) is 13.3 Å². The van der Waals surface area contributed by atoms with Crippen LogP contribution in [-0.4, -0.2) is 34.7 Å². The van der Waals surface area contributed by atoms with E-state index in [1.165, 1.54) is 0 Å². The van der Waals surface area contributed by atoms with E-state index in [1.807, 2.05) is 6.07 Å². The Kier molecular flexibility index (Phi) is 4.79. The summed E-state index contributed by atoms with van der Waals surface area (Å²) in [6, 6.07) is 6.97. The van der Waals surface area contributed by atoms with Crippen LogP contribution in [0, 0.1) is 5.92 Å². The third-order valence-electron chi connectivity index (χ3n) is 3.12. The first kappa shape index (κ1) is 14.3. The molecule has 5 nitrogen and oxygen atoms in total. The number of ether oxygens (including phenoxy) is 1. The molecule has 1 aromatic rings. The van der Waals surface area contributed by atoms with Crippen molar-refractivity contribution in [2.24, 2.45) is 5.92 Å². The van der Waals surface area contributed by atoms with Gasteiger partial charge in [-0.05, 0) is 18.6 Å². The van der Waals surface area contributed by atoms with Gasteiger partial charge in [-0.3, -0.25) is 0 Å². The molecule has 6 heteroatoms. The van der Waals surface area contributed by atoms with E-state index in [0.717, 1.165) is 26.2 Å². The number of benzene rings is 1. The van der Waals surface area contributed by atoms with Crippen LogP contribution >= 0.6 is 0 Å². The summed E-state index contributed by atoms with van der Waals surface area (Å²) in [5.41, 5.74) is 0.648. The van der Waals surface area contributed by atoms with Crippen LogP contribution < -0.4 is 10.0 Å². The lowest BCUT2D eigenvalue weighted by atomic mass is 10.1. The molecule has 0 amide bonds. The van der Waals surface area contributed by atoms with Gasteiger partial charge in [0, 0.05) is 25.6 Å². The minimum absolute atomic E-state index is 0.302. The lowest BCUT2D eigenvalue weighted by Gasteiger charge is -2.14. The zero-order valence-electron chi connectivity index (χ0n) is 11.1. The van der Waals surface area contributed by atoms with Crippen molar-refractivity contribution in [3.8, 4) is 0 Å². The summed E-state index contributed by atoms with van der Waals surface area (Å²) < 4.78 is 32.0. The second-order valence-corrected chi connectivity index (χ2v) is 6.34. The number of para-hydroxylation sites is 1. The fraction of sp³-hybridized carbons (Fsp3) is 0.538. The maximum absolute atomic E-state index is 12.1. The van der Waals surface area contributed by atoms with Crippen LogP contribution in [0.2, 0.25) is 0 Å². The molecule has 2 rings (SSSR count). The SMILES string of the molecule is CCNS(=O)(=O)c1ccccc1NCC1CCOC1. The van der Waals surface area contributed by atoms with Crippen LogP contribution in [0.15, 0.2) is 29.2 Å². The Morgan fingerprint density at radius 3 is 2.84 bits per heavy atom. The highest BCUT2D eigenvalue weighted by Crippen LogP contribution is 2.22.